The van der Waals surface area contributed by atoms with Crippen molar-refractivity contribution in [3.63, 3.8) is 0 Å². The summed E-state index contributed by atoms with van der Waals surface area (Å²) in [5.41, 5.74) is 0.108. The van der Waals surface area contributed by atoms with E-state index in [1.165, 1.54) is 32.1 Å². The van der Waals surface area contributed by atoms with Gasteiger partial charge in [-0.1, -0.05) is 33.6 Å². The molecule has 2 heteroatoms. The summed E-state index contributed by atoms with van der Waals surface area (Å²) in [6.07, 6.45) is 6.32. The summed E-state index contributed by atoms with van der Waals surface area (Å²) in [6.45, 7) is 10.8. The number of ether oxygens (including phenoxy) is 1. The summed E-state index contributed by atoms with van der Waals surface area (Å²) in [5, 5.41) is 3.62. The molecule has 0 bridgehead atoms. The van der Waals surface area contributed by atoms with Crippen LogP contribution in [0, 0.1) is 5.92 Å². The Morgan fingerprint density at radius 1 is 1.38 bits per heavy atom. The molecule has 0 heterocycles. The van der Waals surface area contributed by atoms with Crippen molar-refractivity contribution in [2.75, 3.05) is 13.2 Å². The van der Waals surface area contributed by atoms with Crippen molar-refractivity contribution in [1.29, 1.82) is 0 Å². The predicted octanol–water partition coefficient (Wildman–Crippen LogP) is 3.36. The van der Waals surface area contributed by atoms with E-state index in [0.29, 0.717) is 6.04 Å². The van der Waals surface area contributed by atoms with Gasteiger partial charge in [-0.3, -0.25) is 0 Å². The molecule has 1 aliphatic carbocycles. The standard InChI is InChI=1S/C14H29NO/c1-5-13(15-6-2)14(16-7-3)10-8-9-12(4)11-14/h12-13,15H,5-11H2,1-4H3. The third kappa shape index (κ3) is 3.21. The van der Waals surface area contributed by atoms with Crippen LogP contribution in [0.4, 0.5) is 0 Å². The van der Waals surface area contributed by atoms with Gasteiger partial charge >= 0.3 is 0 Å². The molecule has 0 aliphatic heterocycles. The molecule has 16 heavy (non-hydrogen) atoms. The van der Waals surface area contributed by atoms with E-state index >= 15 is 0 Å². The van der Waals surface area contributed by atoms with Crippen molar-refractivity contribution in [2.24, 2.45) is 5.92 Å². The molecule has 1 aliphatic rings. The molecule has 0 saturated heterocycles. The molecule has 1 N–H and O–H groups in total. The Hall–Kier alpha value is -0.0800. The summed E-state index contributed by atoms with van der Waals surface area (Å²) in [7, 11) is 0. The molecule has 1 saturated carbocycles. The SMILES string of the molecule is CCNC(CC)C1(OCC)CCCC(C)C1. The lowest BCUT2D eigenvalue weighted by atomic mass is 9.73. The molecule has 0 aromatic carbocycles. The Bertz CT molecular complexity index is 191. The predicted molar refractivity (Wildman–Crippen MR) is 69.7 cm³/mol. The van der Waals surface area contributed by atoms with Gasteiger partial charge in [0.15, 0.2) is 0 Å². The van der Waals surface area contributed by atoms with Crippen LogP contribution in [0.1, 0.15) is 59.8 Å². The van der Waals surface area contributed by atoms with Gasteiger partial charge in [0.2, 0.25) is 0 Å². The first-order valence-corrected chi connectivity index (χ1v) is 7.05. The molecule has 0 aromatic heterocycles. The first-order valence-electron chi connectivity index (χ1n) is 7.05. The van der Waals surface area contributed by atoms with Gasteiger partial charge in [0, 0.05) is 12.6 Å². The molecule has 0 aromatic rings. The van der Waals surface area contributed by atoms with Gasteiger partial charge in [0.1, 0.15) is 0 Å². The summed E-state index contributed by atoms with van der Waals surface area (Å²) in [4.78, 5) is 0. The minimum Gasteiger partial charge on any atom is -0.374 e. The maximum Gasteiger partial charge on any atom is 0.0837 e. The van der Waals surface area contributed by atoms with Crippen LogP contribution in [0.5, 0.6) is 0 Å². The fourth-order valence-electron chi connectivity index (χ4n) is 3.33. The average molecular weight is 227 g/mol. The van der Waals surface area contributed by atoms with Crippen molar-refractivity contribution in [1.82, 2.24) is 5.32 Å². The maximum atomic E-state index is 6.18. The van der Waals surface area contributed by atoms with Crippen LogP contribution in [-0.4, -0.2) is 24.8 Å². The van der Waals surface area contributed by atoms with Crippen molar-refractivity contribution < 1.29 is 4.74 Å². The molecule has 3 atom stereocenters. The first kappa shape index (κ1) is 14.0. The largest absolute Gasteiger partial charge is 0.374 e. The Balaban J connectivity index is 2.75. The topological polar surface area (TPSA) is 21.3 Å². The van der Waals surface area contributed by atoms with E-state index in [9.17, 15) is 0 Å². The highest BCUT2D eigenvalue weighted by molar-refractivity contribution is 4.96. The van der Waals surface area contributed by atoms with E-state index in [4.69, 9.17) is 4.74 Å². The van der Waals surface area contributed by atoms with Gasteiger partial charge in [0.05, 0.1) is 5.60 Å². The second-order valence-electron chi connectivity index (χ2n) is 5.22. The minimum atomic E-state index is 0.108. The zero-order valence-electron chi connectivity index (χ0n) is 11.5. The third-order valence-corrected chi connectivity index (χ3v) is 3.92. The zero-order valence-corrected chi connectivity index (χ0v) is 11.5. The number of hydrogen-bond donors (Lipinski definition) is 1. The molecule has 1 fully saturated rings. The maximum absolute atomic E-state index is 6.18. The van der Waals surface area contributed by atoms with Gasteiger partial charge in [-0.2, -0.15) is 0 Å². The molecule has 0 spiro atoms. The van der Waals surface area contributed by atoms with E-state index in [0.717, 1.165) is 19.1 Å². The Morgan fingerprint density at radius 3 is 2.62 bits per heavy atom. The van der Waals surface area contributed by atoms with Crippen LogP contribution in [0.25, 0.3) is 0 Å². The van der Waals surface area contributed by atoms with Gasteiger partial charge in [-0.05, 0) is 38.6 Å². The summed E-state index contributed by atoms with van der Waals surface area (Å²) in [6, 6.07) is 0.528. The van der Waals surface area contributed by atoms with E-state index in [2.05, 4.69) is 33.0 Å². The molecular formula is C14H29NO. The fraction of sp³-hybridized carbons (Fsp3) is 1.00. The molecular weight excluding hydrogens is 198 g/mol. The molecule has 3 unspecified atom stereocenters. The Morgan fingerprint density at radius 2 is 2.12 bits per heavy atom. The van der Waals surface area contributed by atoms with Crippen LogP contribution in [-0.2, 0) is 4.74 Å². The molecule has 1 rings (SSSR count). The number of rotatable bonds is 6. The summed E-state index contributed by atoms with van der Waals surface area (Å²) in [5.74, 6) is 0.813. The lowest BCUT2D eigenvalue weighted by Crippen LogP contribution is -2.54. The highest BCUT2D eigenvalue weighted by Crippen LogP contribution is 2.38. The van der Waals surface area contributed by atoms with Crippen LogP contribution in [0.15, 0.2) is 0 Å². The third-order valence-electron chi connectivity index (χ3n) is 3.92. The summed E-state index contributed by atoms with van der Waals surface area (Å²) >= 11 is 0. The second-order valence-corrected chi connectivity index (χ2v) is 5.22. The van der Waals surface area contributed by atoms with Crippen LogP contribution >= 0.6 is 0 Å². The Labute approximate surface area is 101 Å². The van der Waals surface area contributed by atoms with E-state index in [1.807, 2.05) is 0 Å². The van der Waals surface area contributed by atoms with Crippen LogP contribution in [0.3, 0.4) is 0 Å². The molecule has 96 valence electrons. The minimum absolute atomic E-state index is 0.108. The number of nitrogens with one attached hydrogen (secondary N) is 1. The van der Waals surface area contributed by atoms with Gasteiger partial charge in [-0.15, -0.1) is 0 Å². The fourth-order valence-corrected chi connectivity index (χ4v) is 3.33. The number of hydrogen-bond acceptors (Lipinski definition) is 2. The second kappa shape index (κ2) is 6.61. The summed E-state index contributed by atoms with van der Waals surface area (Å²) < 4.78 is 6.18. The van der Waals surface area contributed by atoms with E-state index in [-0.39, 0.29) is 5.60 Å². The quantitative estimate of drug-likeness (QED) is 0.751. The van der Waals surface area contributed by atoms with Crippen molar-refractivity contribution in [3.8, 4) is 0 Å². The molecule has 0 radical (unpaired) electrons. The van der Waals surface area contributed by atoms with Crippen molar-refractivity contribution in [2.45, 2.75) is 71.4 Å². The van der Waals surface area contributed by atoms with Crippen molar-refractivity contribution >= 4 is 0 Å². The zero-order chi connectivity index (χ0) is 12.0. The Kier molecular flexibility index (Phi) is 5.77. The first-order chi connectivity index (χ1) is 7.68. The lowest BCUT2D eigenvalue weighted by molar-refractivity contribution is -0.101. The van der Waals surface area contributed by atoms with Crippen molar-refractivity contribution in [3.05, 3.63) is 0 Å². The van der Waals surface area contributed by atoms with Gasteiger partial charge in [-0.25, -0.2) is 0 Å². The molecule has 2 nitrogen and oxygen atoms in total. The van der Waals surface area contributed by atoms with Gasteiger partial charge < -0.3 is 10.1 Å². The average Bonchev–Trinajstić information content (AvgIpc) is 2.26. The highest BCUT2D eigenvalue weighted by Gasteiger charge is 2.41. The van der Waals surface area contributed by atoms with E-state index < -0.39 is 0 Å². The van der Waals surface area contributed by atoms with Crippen LogP contribution < -0.4 is 5.32 Å². The normalized spacial score (nSPS) is 32.6. The van der Waals surface area contributed by atoms with E-state index in [1.54, 1.807) is 0 Å². The smallest absolute Gasteiger partial charge is 0.0837 e. The van der Waals surface area contributed by atoms with Crippen LogP contribution in [0.2, 0.25) is 0 Å². The monoisotopic (exact) mass is 227 g/mol. The van der Waals surface area contributed by atoms with Gasteiger partial charge in [0.25, 0.3) is 0 Å². The molecule has 0 amide bonds. The number of likely N-dealkylation sites (N-methyl/N-ethyl adjacent to an activating group) is 1. The highest BCUT2D eigenvalue weighted by atomic mass is 16.5. The lowest BCUT2D eigenvalue weighted by Gasteiger charge is -2.45.